The summed E-state index contributed by atoms with van der Waals surface area (Å²) in [6.45, 7) is 11.6. The van der Waals surface area contributed by atoms with E-state index >= 15 is 0 Å². The average Bonchev–Trinajstić information content (AvgIpc) is 2.77. The zero-order chi connectivity index (χ0) is 24.8. The molecule has 0 aliphatic carbocycles. The fraction of sp³-hybridized carbons (Fsp3) is 0.286. The number of carbonyl (C=O) groups excluding carboxylic acids is 2. The number of rotatable bonds is 8. The SMILES string of the molecule is Cc1cc(OC(=O)c2ccc(C(=O)Oc3ccc(OC(C)C)c(C)c3)cc2)ccc1OC(C)C. The molecule has 3 aromatic carbocycles. The van der Waals surface area contributed by atoms with E-state index in [2.05, 4.69) is 0 Å². The lowest BCUT2D eigenvalue weighted by molar-refractivity contribution is 0.0720. The van der Waals surface area contributed by atoms with Crippen molar-refractivity contribution in [1.82, 2.24) is 0 Å². The Bertz CT molecular complexity index is 1070. The molecule has 0 spiro atoms. The first-order chi connectivity index (χ1) is 16.1. The number of carbonyl (C=O) groups is 2. The highest BCUT2D eigenvalue weighted by Crippen LogP contribution is 2.26. The smallest absolute Gasteiger partial charge is 0.343 e. The van der Waals surface area contributed by atoms with E-state index in [9.17, 15) is 9.59 Å². The minimum Gasteiger partial charge on any atom is -0.491 e. The molecule has 0 saturated heterocycles. The monoisotopic (exact) mass is 462 g/mol. The Balaban J connectivity index is 1.63. The largest absolute Gasteiger partial charge is 0.491 e. The summed E-state index contributed by atoms with van der Waals surface area (Å²) in [5, 5.41) is 0. The van der Waals surface area contributed by atoms with Gasteiger partial charge in [-0.25, -0.2) is 9.59 Å². The maximum absolute atomic E-state index is 12.5. The molecule has 0 aromatic heterocycles. The zero-order valence-electron chi connectivity index (χ0n) is 20.4. The topological polar surface area (TPSA) is 71.1 Å². The molecule has 0 heterocycles. The van der Waals surface area contributed by atoms with Crippen LogP contribution in [0.25, 0.3) is 0 Å². The molecule has 0 atom stereocenters. The molecule has 6 heteroatoms. The summed E-state index contributed by atoms with van der Waals surface area (Å²) in [5.41, 5.74) is 2.39. The van der Waals surface area contributed by atoms with E-state index in [-0.39, 0.29) is 12.2 Å². The molecule has 0 aliphatic heterocycles. The molecule has 3 rings (SSSR count). The van der Waals surface area contributed by atoms with Crippen molar-refractivity contribution in [2.24, 2.45) is 0 Å². The Hall–Kier alpha value is -3.80. The summed E-state index contributed by atoms with van der Waals surface area (Å²) in [7, 11) is 0. The maximum Gasteiger partial charge on any atom is 0.343 e. The summed E-state index contributed by atoms with van der Waals surface area (Å²) in [6.07, 6.45) is 0.110. The molecule has 6 nitrogen and oxygen atoms in total. The number of hydrogen-bond acceptors (Lipinski definition) is 6. The standard InChI is InChI=1S/C28H30O6/c1-17(2)31-25-13-11-23(15-19(25)5)33-27(29)21-7-9-22(10-8-21)28(30)34-24-12-14-26(20(6)16-24)32-18(3)4/h7-18H,1-6H3. The van der Waals surface area contributed by atoms with Crippen LogP contribution in [0.4, 0.5) is 0 Å². The second-order valence-electron chi connectivity index (χ2n) is 8.54. The van der Waals surface area contributed by atoms with Crippen LogP contribution in [0.1, 0.15) is 59.5 Å². The highest BCUT2D eigenvalue weighted by atomic mass is 16.5. The minimum absolute atomic E-state index is 0.0552. The van der Waals surface area contributed by atoms with Crippen LogP contribution < -0.4 is 18.9 Å². The van der Waals surface area contributed by atoms with Gasteiger partial charge in [-0.1, -0.05) is 0 Å². The summed E-state index contributed by atoms with van der Waals surface area (Å²) in [4.78, 5) is 25.0. The quantitative estimate of drug-likeness (QED) is 0.288. The molecule has 0 radical (unpaired) electrons. The summed E-state index contributed by atoms with van der Waals surface area (Å²) >= 11 is 0. The van der Waals surface area contributed by atoms with E-state index in [1.54, 1.807) is 36.4 Å². The Kier molecular flexibility index (Phi) is 7.95. The molecule has 178 valence electrons. The molecular weight excluding hydrogens is 432 g/mol. The third kappa shape index (κ3) is 6.61. The molecule has 0 amide bonds. The van der Waals surface area contributed by atoms with E-state index in [4.69, 9.17) is 18.9 Å². The van der Waals surface area contributed by atoms with Crippen LogP contribution in [0.3, 0.4) is 0 Å². The van der Waals surface area contributed by atoms with Crippen LogP contribution in [-0.4, -0.2) is 24.1 Å². The Morgan fingerprint density at radius 1 is 0.588 bits per heavy atom. The average molecular weight is 463 g/mol. The molecule has 0 aliphatic rings. The second-order valence-corrected chi connectivity index (χ2v) is 8.54. The van der Waals surface area contributed by atoms with Gasteiger partial charge in [-0.05, 0) is 113 Å². The van der Waals surface area contributed by atoms with Crippen LogP contribution in [-0.2, 0) is 0 Å². The molecule has 0 bridgehead atoms. The lowest BCUT2D eigenvalue weighted by Gasteiger charge is -2.13. The number of esters is 2. The van der Waals surface area contributed by atoms with E-state index < -0.39 is 11.9 Å². The normalized spacial score (nSPS) is 10.8. The Morgan fingerprint density at radius 2 is 0.941 bits per heavy atom. The predicted molar refractivity (Wildman–Crippen MR) is 130 cm³/mol. The van der Waals surface area contributed by atoms with Crippen LogP contribution in [0.5, 0.6) is 23.0 Å². The van der Waals surface area contributed by atoms with Gasteiger partial charge in [0.05, 0.1) is 23.3 Å². The Morgan fingerprint density at radius 3 is 1.24 bits per heavy atom. The van der Waals surface area contributed by atoms with Gasteiger partial charge in [0.2, 0.25) is 0 Å². The zero-order valence-corrected chi connectivity index (χ0v) is 20.4. The van der Waals surface area contributed by atoms with Crippen molar-refractivity contribution >= 4 is 11.9 Å². The van der Waals surface area contributed by atoms with Gasteiger partial charge < -0.3 is 18.9 Å². The number of hydrogen-bond donors (Lipinski definition) is 0. The van der Waals surface area contributed by atoms with Crippen molar-refractivity contribution < 1.29 is 28.5 Å². The van der Waals surface area contributed by atoms with Crippen molar-refractivity contribution in [3.8, 4) is 23.0 Å². The van der Waals surface area contributed by atoms with Gasteiger partial charge in [-0.15, -0.1) is 0 Å². The fourth-order valence-electron chi connectivity index (χ4n) is 3.22. The number of aryl methyl sites for hydroxylation is 2. The van der Waals surface area contributed by atoms with E-state index in [0.29, 0.717) is 22.6 Å². The third-order valence-corrected chi connectivity index (χ3v) is 4.80. The molecule has 34 heavy (non-hydrogen) atoms. The Labute approximate surface area is 200 Å². The predicted octanol–water partition coefficient (Wildman–Crippen LogP) is 6.32. The fourth-order valence-corrected chi connectivity index (χ4v) is 3.22. The summed E-state index contributed by atoms with van der Waals surface area (Å²) in [5.74, 6) is 1.29. The van der Waals surface area contributed by atoms with Gasteiger partial charge in [0.15, 0.2) is 0 Å². The van der Waals surface area contributed by atoms with Crippen molar-refractivity contribution in [1.29, 1.82) is 0 Å². The number of benzene rings is 3. The van der Waals surface area contributed by atoms with Crippen molar-refractivity contribution in [2.75, 3.05) is 0 Å². The van der Waals surface area contributed by atoms with Gasteiger partial charge in [-0.3, -0.25) is 0 Å². The van der Waals surface area contributed by atoms with Crippen molar-refractivity contribution in [3.63, 3.8) is 0 Å². The lowest BCUT2D eigenvalue weighted by atomic mass is 10.1. The lowest BCUT2D eigenvalue weighted by Crippen LogP contribution is -2.12. The first-order valence-corrected chi connectivity index (χ1v) is 11.2. The van der Waals surface area contributed by atoms with Crippen LogP contribution in [0, 0.1) is 13.8 Å². The molecule has 0 N–H and O–H groups in total. The first-order valence-electron chi connectivity index (χ1n) is 11.2. The van der Waals surface area contributed by atoms with E-state index in [1.165, 1.54) is 24.3 Å². The number of ether oxygens (including phenoxy) is 4. The first kappa shape index (κ1) is 24.8. The minimum atomic E-state index is -0.520. The van der Waals surface area contributed by atoms with Gasteiger partial charge in [0.25, 0.3) is 0 Å². The van der Waals surface area contributed by atoms with Crippen LogP contribution >= 0.6 is 0 Å². The van der Waals surface area contributed by atoms with Gasteiger partial charge >= 0.3 is 11.9 Å². The van der Waals surface area contributed by atoms with Crippen molar-refractivity contribution in [3.05, 3.63) is 82.9 Å². The second kappa shape index (κ2) is 10.9. The van der Waals surface area contributed by atoms with Gasteiger partial charge in [0.1, 0.15) is 23.0 Å². The molecule has 0 saturated carbocycles. The molecule has 0 unspecified atom stereocenters. The van der Waals surface area contributed by atoms with Gasteiger partial charge in [0, 0.05) is 0 Å². The third-order valence-electron chi connectivity index (χ3n) is 4.80. The van der Waals surface area contributed by atoms with Gasteiger partial charge in [-0.2, -0.15) is 0 Å². The molecule has 0 fully saturated rings. The summed E-state index contributed by atoms with van der Waals surface area (Å²) < 4.78 is 22.3. The highest BCUT2D eigenvalue weighted by Gasteiger charge is 2.14. The molecular formula is C28H30O6. The maximum atomic E-state index is 12.5. The van der Waals surface area contributed by atoms with E-state index in [1.807, 2.05) is 41.5 Å². The summed E-state index contributed by atoms with van der Waals surface area (Å²) in [6, 6.07) is 16.6. The van der Waals surface area contributed by atoms with Crippen LogP contribution in [0.2, 0.25) is 0 Å². The van der Waals surface area contributed by atoms with E-state index in [0.717, 1.165) is 22.6 Å². The van der Waals surface area contributed by atoms with Crippen molar-refractivity contribution in [2.45, 2.75) is 53.8 Å². The highest BCUT2D eigenvalue weighted by molar-refractivity contribution is 5.94. The van der Waals surface area contributed by atoms with Crippen LogP contribution in [0.15, 0.2) is 60.7 Å². The molecule has 3 aromatic rings.